The van der Waals surface area contributed by atoms with Crippen molar-refractivity contribution in [3.05, 3.63) is 63.6 Å². The number of hydrogen-bond acceptors (Lipinski definition) is 5. The summed E-state index contributed by atoms with van der Waals surface area (Å²) < 4.78 is 21.5. The second kappa shape index (κ2) is 9.46. The molecule has 3 aromatic rings. The number of carbonyl (C=O) groups is 2. The van der Waals surface area contributed by atoms with E-state index in [2.05, 4.69) is 4.89 Å². The SMILES string of the molecule is COOSc1cc(Cl)ccc1C(=O)c1c2n(c3cc(F)cc(C(C)C)c13)CCC2CC(=O)O. The standard InChI is InChI=1S/C24H23ClFNO5S/c1-12(2)17-10-15(26)11-18-21(17)22(23-13(8-20(28)29)6-7-27(18)23)24(30)16-5-4-14(25)9-19(16)33-32-31-3/h4-5,9-13H,6-8H2,1-3H3,(H,28,29). The third kappa shape index (κ3) is 4.40. The van der Waals surface area contributed by atoms with Crippen LogP contribution >= 0.6 is 23.6 Å². The van der Waals surface area contributed by atoms with Crippen LogP contribution in [-0.2, 0) is 20.6 Å². The Morgan fingerprint density at radius 2 is 2.06 bits per heavy atom. The van der Waals surface area contributed by atoms with Gasteiger partial charge in [-0.05, 0) is 48.2 Å². The Kier molecular flexibility index (Phi) is 6.81. The highest BCUT2D eigenvalue weighted by atomic mass is 35.5. The molecule has 6 nitrogen and oxygen atoms in total. The van der Waals surface area contributed by atoms with E-state index in [4.69, 9.17) is 15.9 Å². The molecule has 1 unspecified atom stereocenters. The number of aliphatic carboxylic acids is 1. The van der Waals surface area contributed by atoms with Crippen LogP contribution < -0.4 is 0 Å². The lowest BCUT2D eigenvalue weighted by Crippen LogP contribution is -2.11. The van der Waals surface area contributed by atoms with Crippen molar-refractivity contribution in [1.29, 1.82) is 0 Å². The average Bonchev–Trinajstić information content (AvgIpc) is 3.29. The van der Waals surface area contributed by atoms with Crippen molar-refractivity contribution >= 4 is 46.3 Å². The molecule has 2 aromatic carbocycles. The number of nitrogens with zero attached hydrogens (tertiary/aromatic N) is 1. The zero-order valence-electron chi connectivity index (χ0n) is 18.4. The van der Waals surface area contributed by atoms with E-state index in [1.165, 1.54) is 19.2 Å². The van der Waals surface area contributed by atoms with Crippen LogP contribution in [0.15, 0.2) is 35.2 Å². The Labute approximate surface area is 199 Å². The van der Waals surface area contributed by atoms with Gasteiger partial charge in [0.15, 0.2) is 5.78 Å². The molecule has 1 atom stereocenters. The molecule has 0 bridgehead atoms. The van der Waals surface area contributed by atoms with Crippen LogP contribution in [0.4, 0.5) is 4.39 Å². The Bertz CT molecular complexity index is 1260. The molecule has 1 aromatic heterocycles. The molecule has 0 fully saturated rings. The van der Waals surface area contributed by atoms with Gasteiger partial charge in [0.2, 0.25) is 0 Å². The molecular weight excluding hydrogens is 469 g/mol. The molecule has 33 heavy (non-hydrogen) atoms. The molecule has 174 valence electrons. The van der Waals surface area contributed by atoms with Gasteiger partial charge in [0, 0.05) is 34.1 Å². The number of carbonyl (C=O) groups excluding carboxylic acids is 1. The first-order valence-electron chi connectivity index (χ1n) is 10.5. The van der Waals surface area contributed by atoms with Crippen LogP contribution in [0.2, 0.25) is 5.02 Å². The summed E-state index contributed by atoms with van der Waals surface area (Å²) in [4.78, 5) is 30.8. The fourth-order valence-electron chi connectivity index (χ4n) is 4.63. The van der Waals surface area contributed by atoms with E-state index in [1.807, 2.05) is 18.4 Å². The number of hydrogen-bond donors (Lipinski definition) is 1. The number of carboxylic acids is 1. The summed E-state index contributed by atoms with van der Waals surface area (Å²) in [7, 11) is 1.35. The van der Waals surface area contributed by atoms with Crippen LogP contribution in [0, 0.1) is 5.82 Å². The molecule has 0 amide bonds. The van der Waals surface area contributed by atoms with E-state index in [-0.39, 0.29) is 29.9 Å². The van der Waals surface area contributed by atoms with Crippen LogP contribution in [-0.4, -0.2) is 28.5 Å². The first-order chi connectivity index (χ1) is 15.7. The summed E-state index contributed by atoms with van der Waals surface area (Å²) >= 11 is 7.01. The van der Waals surface area contributed by atoms with Crippen molar-refractivity contribution in [1.82, 2.24) is 4.57 Å². The van der Waals surface area contributed by atoms with E-state index in [9.17, 15) is 19.1 Å². The van der Waals surface area contributed by atoms with Gasteiger partial charge >= 0.3 is 5.97 Å². The third-order valence-corrected chi connectivity index (χ3v) is 6.90. The van der Waals surface area contributed by atoms with Crippen LogP contribution in [0.25, 0.3) is 10.9 Å². The number of ketones is 1. The number of rotatable bonds is 8. The van der Waals surface area contributed by atoms with Crippen molar-refractivity contribution in [2.75, 3.05) is 7.11 Å². The van der Waals surface area contributed by atoms with Crippen LogP contribution in [0.5, 0.6) is 0 Å². The Morgan fingerprint density at radius 1 is 1.30 bits per heavy atom. The van der Waals surface area contributed by atoms with Crippen molar-refractivity contribution in [2.24, 2.45) is 0 Å². The molecule has 9 heteroatoms. The maximum absolute atomic E-state index is 14.6. The summed E-state index contributed by atoms with van der Waals surface area (Å²) in [6.45, 7) is 4.40. The molecule has 0 radical (unpaired) electrons. The summed E-state index contributed by atoms with van der Waals surface area (Å²) in [5.74, 6) is -2.02. The van der Waals surface area contributed by atoms with Crippen molar-refractivity contribution in [3.63, 3.8) is 0 Å². The molecule has 1 aliphatic rings. The molecule has 0 spiro atoms. The smallest absolute Gasteiger partial charge is 0.304 e. The van der Waals surface area contributed by atoms with Gasteiger partial charge in [0.25, 0.3) is 0 Å². The predicted octanol–water partition coefficient (Wildman–Crippen LogP) is 6.34. The summed E-state index contributed by atoms with van der Waals surface area (Å²) in [5.41, 5.74) is 2.72. The van der Waals surface area contributed by atoms with Crippen molar-refractivity contribution in [3.8, 4) is 0 Å². The minimum Gasteiger partial charge on any atom is -0.481 e. The first-order valence-corrected chi connectivity index (χ1v) is 11.6. The van der Waals surface area contributed by atoms with Gasteiger partial charge < -0.3 is 9.67 Å². The van der Waals surface area contributed by atoms with E-state index in [1.54, 1.807) is 18.2 Å². The second-order valence-corrected chi connectivity index (χ2v) is 9.51. The van der Waals surface area contributed by atoms with Crippen molar-refractivity contribution < 1.29 is 28.3 Å². The lowest BCUT2D eigenvalue weighted by molar-refractivity contribution is -0.160. The fourth-order valence-corrected chi connectivity index (χ4v) is 5.43. The quantitative estimate of drug-likeness (QED) is 0.171. The number of aromatic nitrogens is 1. The Morgan fingerprint density at radius 3 is 2.73 bits per heavy atom. The molecule has 0 saturated heterocycles. The Hall–Kier alpha value is -2.39. The fraction of sp³-hybridized carbons (Fsp3) is 0.333. The topological polar surface area (TPSA) is 77.8 Å². The number of halogens is 2. The zero-order valence-corrected chi connectivity index (χ0v) is 19.9. The van der Waals surface area contributed by atoms with Gasteiger partial charge in [-0.1, -0.05) is 25.4 Å². The van der Waals surface area contributed by atoms with Gasteiger partial charge in [-0.3, -0.25) is 9.59 Å². The van der Waals surface area contributed by atoms with E-state index >= 15 is 0 Å². The number of fused-ring (bicyclic) bond motifs is 3. The highest BCUT2D eigenvalue weighted by Gasteiger charge is 2.36. The normalized spacial score (nSPS) is 15.4. The summed E-state index contributed by atoms with van der Waals surface area (Å²) in [6.07, 6.45) is 0.464. The highest BCUT2D eigenvalue weighted by molar-refractivity contribution is 7.94. The van der Waals surface area contributed by atoms with Gasteiger partial charge in [0.05, 0.1) is 41.5 Å². The predicted molar refractivity (Wildman–Crippen MR) is 124 cm³/mol. The maximum atomic E-state index is 14.6. The highest BCUT2D eigenvalue weighted by Crippen LogP contribution is 2.44. The van der Waals surface area contributed by atoms with Crippen LogP contribution in [0.3, 0.4) is 0 Å². The minimum atomic E-state index is -0.941. The lowest BCUT2D eigenvalue weighted by atomic mass is 9.88. The molecule has 2 heterocycles. The van der Waals surface area contributed by atoms with E-state index in [0.717, 1.165) is 12.0 Å². The molecule has 1 N–H and O–H groups in total. The lowest BCUT2D eigenvalue weighted by Gasteiger charge is -2.14. The van der Waals surface area contributed by atoms with Crippen molar-refractivity contribution in [2.45, 2.75) is 50.0 Å². The maximum Gasteiger partial charge on any atom is 0.304 e. The van der Waals surface area contributed by atoms with E-state index in [0.29, 0.717) is 56.2 Å². The monoisotopic (exact) mass is 491 g/mol. The molecule has 0 saturated carbocycles. The van der Waals surface area contributed by atoms with Gasteiger partial charge in [0.1, 0.15) is 5.82 Å². The minimum absolute atomic E-state index is 0.0494. The summed E-state index contributed by atoms with van der Waals surface area (Å²) in [5, 5.41) is 10.6. The van der Waals surface area contributed by atoms with Gasteiger partial charge in [-0.25, -0.2) is 9.28 Å². The van der Waals surface area contributed by atoms with Crippen LogP contribution in [0.1, 0.15) is 65.7 Å². The van der Waals surface area contributed by atoms with Gasteiger partial charge in [-0.15, -0.1) is 0 Å². The molecule has 4 rings (SSSR count). The largest absolute Gasteiger partial charge is 0.481 e. The number of carboxylic acid groups (broad SMARTS) is 1. The second-order valence-electron chi connectivity index (χ2n) is 8.33. The average molecular weight is 492 g/mol. The Balaban J connectivity index is 2.01. The summed E-state index contributed by atoms with van der Waals surface area (Å²) in [6, 6.07) is 7.71. The molecular formula is C24H23ClFNO5S. The number of benzene rings is 2. The number of aryl methyl sites for hydroxylation is 1. The molecule has 0 aliphatic carbocycles. The zero-order chi connectivity index (χ0) is 23.9. The van der Waals surface area contributed by atoms with E-state index < -0.39 is 5.97 Å². The van der Waals surface area contributed by atoms with Gasteiger partial charge in [-0.2, -0.15) is 4.33 Å². The molecule has 1 aliphatic heterocycles. The first kappa shape index (κ1) is 23.8. The third-order valence-electron chi connectivity index (χ3n) is 5.94.